The zero-order valence-electron chi connectivity index (χ0n) is 13.6. The van der Waals surface area contributed by atoms with Crippen LogP contribution < -0.4 is 4.74 Å². The van der Waals surface area contributed by atoms with Crippen LogP contribution in [-0.2, 0) is 0 Å². The summed E-state index contributed by atoms with van der Waals surface area (Å²) in [5.41, 5.74) is 1.19. The van der Waals surface area contributed by atoms with Crippen LogP contribution in [0.2, 0.25) is 0 Å². The fourth-order valence-corrected chi connectivity index (χ4v) is 2.94. The molecule has 1 aliphatic rings. The van der Waals surface area contributed by atoms with Gasteiger partial charge >= 0.3 is 0 Å². The number of aliphatic hydroxyl groups is 1. The van der Waals surface area contributed by atoms with Gasteiger partial charge in [0.05, 0.1) is 6.04 Å². The van der Waals surface area contributed by atoms with Crippen molar-refractivity contribution in [1.29, 1.82) is 0 Å². The van der Waals surface area contributed by atoms with Crippen molar-refractivity contribution in [1.82, 2.24) is 15.0 Å². The van der Waals surface area contributed by atoms with Crippen LogP contribution in [0.15, 0.2) is 28.8 Å². The molecular formula is C17H23N3O3. The third kappa shape index (κ3) is 4.09. The summed E-state index contributed by atoms with van der Waals surface area (Å²) in [5, 5.41) is 14.3. The Morgan fingerprint density at radius 2 is 2.13 bits per heavy atom. The first kappa shape index (κ1) is 16.0. The van der Waals surface area contributed by atoms with E-state index in [1.807, 2.05) is 31.2 Å². The van der Waals surface area contributed by atoms with Crippen molar-refractivity contribution in [3.8, 4) is 5.75 Å². The van der Waals surface area contributed by atoms with Crippen molar-refractivity contribution < 1.29 is 14.4 Å². The Balaban J connectivity index is 1.52. The molecule has 1 saturated heterocycles. The van der Waals surface area contributed by atoms with E-state index in [0.717, 1.165) is 25.1 Å². The van der Waals surface area contributed by atoms with E-state index >= 15 is 0 Å². The summed E-state index contributed by atoms with van der Waals surface area (Å²) in [7, 11) is 0. The lowest BCUT2D eigenvalue weighted by molar-refractivity contribution is 0.0623. The fraction of sp³-hybridized carbons (Fsp3) is 0.529. The molecule has 6 nitrogen and oxygen atoms in total. The molecule has 1 aromatic heterocycles. The second kappa shape index (κ2) is 7.10. The monoisotopic (exact) mass is 317 g/mol. The zero-order chi connectivity index (χ0) is 16.2. The highest BCUT2D eigenvalue weighted by atomic mass is 16.5. The van der Waals surface area contributed by atoms with Crippen molar-refractivity contribution in [2.75, 3.05) is 19.7 Å². The topological polar surface area (TPSA) is 71.6 Å². The maximum Gasteiger partial charge on any atom is 0.223 e. The summed E-state index contributed by atoms with van der Waals surface area (Å²) in [5.74, 6) is 2.07. The molecule has 6 heteroatoms. The highest BCUT2D eigenvalue weighted by Crippen LogP contribution is 2.30. The van der Waals surface area contributed by atoms with Crippen LogP contribution in [0.1, 0.15) is 36.2 Å². The number of rotatable bonds is 6. The van der Waals surface area contributed by atoms with Crippen LogP contribution in [-0.4, -0.2) is 45.9 Å². The van der Waals surface area contributed by atoms with Gasteiger partial charge in [-0.05, 0) is 38.4 Å². The Morgan fingerprint density at radius 1 is 1.35 bits per heavy atom. The van der Waals surface area contributed by atoms with Gasteiger partial charge < -0.3 is 14.4 Å². The van der Waals surface area contributed by atoms with Crippen LogP contribution in [0.25, 0.3) is 0 Å². The summed E-state index contributed by atoms with van der Waals surface area (Å²) >= 11 is 0. The van der Waals surface area contributed by atoms with Gasteiger partial charge in [-0.15, -0.1) is 0 Å². The third-order valence-corrected chi connectivity index (χ3v) is 4.11. The molecule has 3 rings (SSSR count). The summed E-state index contributed by atoms with van der Waals surface area (Å²) in [4.78, 5) is 6.52. The Kier molecular flexibility index (Phi) is 4.93. The summed E-state index contributed by atoms with van der Waals surface area (Å²) in [6.45, 7) is 5.58. The van der Waals surface area contributed by atoms with E-state index < -0.39 is 6.10 Å². The molecule has 1 aliphatic heterocycles. The first-order valence-corrected chi connectivity index (χ1v) is 8.03. The lowest BCUT2D eigenvalue weighted by Gasteiger charge is -2.24. The average Bonchev–Trinajstić information content (AvgIpc) is 3.15. The number of β-amino-alcohol motifs (C(OH)–C–C–N with tert-alkyl or cyclic N) is 1. The van der Waals surface area contributed by atoms with Crippen molar-refractivity contribution in [2.24, 2.45) is 0 Å². The number of benzene rings is 1. The summed E-state index contributed by atoms with van der Waals surface area (Å²) < 4.78 is 10.7. The Hall–Kier alpha value is -1.92. The van der Waals surface area contributed by atoms with Gasteiger partial charge in [-0.2, -0.15) is 4.98 Å². The molecule has 1 N–H and O–H groups in total. The second-order valence-electron chi connectivity index (χ2n) is 6.10. The van der Waals surface area contributed by atoms with Crippen molar-refractivity contribution >= 4 is 0 Å². The first-order valence-electron chi connectivity index (χ1n) is 8.03. The van der Waals surface area contributed by atoms with E-state index in [9.17, 15) is 5.11 Å². The minimum atomic E-state index is -0.551. The minimum absolute atomic E-state index is 0.126. The second-order valence-corrected chi connectivity index (χ2v) is 6.10. The van der Waals surface area contributed by atoms with E-state index in [0.29, 0.717) is 18.3 Å². The standard InChI is InChI=1S/C17H23N3O3/c1-12-5-7-15(8-6-12)22-11-14(21)10-20-9-3-4-16(20)17-18-13(2)23-19-17/h5-8,14,16,21H,3-4,9-11H2,1-2H3/t14-,16+/m0/s1. The predicted octanol–water partition coefficient (Wildman–Crippen LogP) is 2.26. The molecule has 1 fully saturated rings. The maximum absolute atomic E-state index is 10.3. The molecule has 0 spiro atoms. The van der Waals surface area contributed by atoms with Gasteiger partial charge in [0.2, 0.25) is 5.89 Å². The summed E-state index contributed by atoms with van der Waals surface area (Å²) in [6.07, 6.45) is 1.51. The number of ether oxygens (including phenoxy) is 1. The molecule has 124 valence electrons. The van der Waals surface area contributed by atoms with Gasteiger partial charge in [-0.25, -0.2) is 0 Å². The highest BCUT2D eigenvalue weighted by molar-refractivity contribution is 5.26. The molecule has 0 radical (unpaired) electrons. The van der Waals surface area contributed by atoms with E-state index in [1.54, 1.807) is 6.92 Å². The normalized spacial score (nSPS) is 19.9. The van der Waals surface area contributed by atoms with E-state index in [4.69, 9.17) is 9.26 Å². The lowest BCUT2D eigenvalue weighted by Crippen LogP contribution is -2.35. The molecule has 2 aromatic rings. The number of nitrogens with zero attached hydrogens (tertiary/aromatic N) is 3. The van der Waals surface area contributed by atoms with Crippen LogP contribution >= 0.6 is 0 Å². The molecule has 1 aromatic carbocycles. The van der Waals surface area contributed by atoms with Crippen LogP contribution in [0.5, 0.6) is 5.75 Å². The molecular weight excluding hydrogens is 294 g/mol. The van der Waals surface area contributed by atoms with Crippen LogP contribution in [0, 0.1) is 13.8 Å². The molecule has 0 saturated carbocycles. The van der Waals surface area contributed by atoms with Crippen molar-refractivity contribution in [3.05, 3.63) is 41.5 Å². The molecule has 0 amide bonds. The predicted molar refractivity (Wildman–Crippen MR) is 85.3 cm³/mol. The highest BCUT2D eigenvalue weighted by Gasteiger charge is 2.31. The van der Waals surface area contributed by atoms with E-state index in [1.165, 1.54) is 5.56 Å². The molecule has 2 atom stereocenters. The van der Waals surface area contributed by atoms with E-state index in [-0.39, 0.29) is 12.6 Å². The number of hydrogen-bond acceptors (Lipinski definition) is 6. The Bertz CT molecular complexity index is 626. The largest absolute Gasteiger partial charge is 0.491 e. The van der Waals surface area contributed by atoms with Gasteiger partial charge in [-0.3, -0.25) is 4.90 Å². The molecule has 0 aliphatic carbocycles. The van der Waals surface area contributed by atoms with Gasteiger partial charge in [0.1, 0.15) is 18.5 Å². The van der Waals surface area contributed by atoms with Gasteiger partial charge in [-0.1, -0.05) is 22.9 Å². The van der Waals surface area contributed by atoms with Crippen LogP contribution in [0.4, 0.5) is 0 Å². The number of likely N-dealkylation sites (tertiary alicyclic amines) is 1. The number of hydrogen-bond donors (Lipinski definition) is 1. The minimum Gasteiger partial charge on any atom is -0.491 e. The summed E-state index contributed by atoms with van der Waals surface area (Å²) in [6, 6.07) is 7.96. The maximum atomic E-state index is 10.3. The number of aromatic nitrogens is 2. The molecule has 23 heavy (non-hydrogen) atoms. The first-order chi connectivity index (χ1) is 11.1. The Labute approximate surface area is 136 Å². The lowest BCUT2D eigenvalue weighted by atomic mass is 10.2. The fourth-order valence-electron chi connectivity index (χ4n) is 2.94. The molecule has 0 unspecified atom stereocenters. The zero-order valence-corrected chi connectivity index (χ0v) is 13.6. The van der Waals surface area contributed by atoms with Gasteiger partial charge in [0.15, 0.2) is 5.82 Å². The van der Waals surface area contributed by atoms with Gasteiger partial charge in [0.25, 0.3) is 0 Å². The van der Waals surface area contributed by atoms with Crippen LogP contribution in [0.3, 0.4) is 0 Å². The number of aliphatic hydroxyl groups excluding tert-OH is 1. The van der Waals surface area contributed by atoms with Crippen molar-refractivity contribution in [2.45, 2.75) is 38.8 Å². The smallest absolute Gasteiger partial charge is 0.223 e. The molecule has 0 bridgehead atoms. The average molecular weight is 317 g/mol. The van der Waals surface area contributed by atoms with Gasteiger partial charge in [0, 0.05) is 13.5 Å². The number of aryl methyl sites for hydroxylation is 2. The SMILES string of the molecule is Cc1ccc(OC[C@@H](O)CN2CCC[C@@H]2c2noc(C)n2)cc1. The Morgan fingerprint density at radius 3 is 2.83 bits per heavy atom. The molecule has 2 heterocycles. The third-order valence-electron chi connectivity index (χ3n) is 4.11. The quantitative estimate of drug-likeness (QED) is 0.881. The van der Waals surface area contributed by atoms with Crippen molar-refractivity contribution in [3.63, 3.8) is 0 Å². The van der Waals surface area contributed by atoms with E-state index in [2.05, 4.69) is 15.0 Å².